The van der Waals surface area contributed by atoms with Gasteiger partial charge in [-0.3, -0.25) is 9.59 Å². The summed E-state index contributed by atoms with van der Waals surface area (Å²) >= 11 is 0. The van der Waals surface area contributed by atoms with Gasteiger partial charge in [0.15, 0.2) is 5.76 Å². The molecule has 1 aromatic carbocycles. The van der Waals surface area contributed by atoms with E-state index < -0.39 is 23.7 Å². The van der Waals surface area contributed by atoms with Gasteiger partial charge in [-0.2, -0.15) is 13.2 Å². The van der Waals surface area contributed by atoms with Gasteiger partial charge in [-0.15, -0.1) is 0 Å². The van der Waals surface area contributed by atoms with Crippen molar-refractivity contribution < 1.29 is 27.2 Å². The van der Waals surface area contributed by atoms with E-state index in [0.717, 1.165) is 12.1 Å². The Morgan fingerprint density at radius 1 is 1.25 bits per heavy atom. The maximum absolute atomic E-state index is 12.9. The highest BCUT2D eigenvalue weighted by molar-refractivity contribution is 5.92. The minimum absolute atomic E-state index is 0.221. The number of rotatable bonds is 4. The third-order valence-corrected chi connectivity index (χ3v) is 4.88. The summed E-state index contributed by atoms with van der Waals surface area (Å²) in [4.78, 5) is 26.6. The first-order valence-electron chi connectivity index (χ1n) is 9.06. The summed E-state index contributed by atoms with van der Waals surface area (Å²) in [5, 5.41) is 2.77. The molecule has 1 aliphatic heterocycles. The Morgan fingerprint density at radius 2 is 2.04 bits per heavy atom. The number of carbonyl (C=O) groups is 2. The zero-order valence-electron chi connectivity index (χ0n) is 15.3. The molecule has 1 saturated heterocycles. The van der Waals surface area contributed by atoms with Gasteiger partial charge < -0.3 is 14.6 Å². The molecular weight excluding hydrogens is 373 g/mol. The van der Waals surface area contributed by atoms with Crippen LogP contribution in [-0.4, -0.2) is 29.8 Å². The van der Waals surface area contributed by atoms with E-state index in [0.29, 0.717) is 24.9 Å². The average Bonchev–Trinajstić information content (AvgIpc) is 3.21. The summed E-state index contributed by atoms with van der Waals surface area (Å²) in [5.74, 6) is -0.741. The number of nitrogens with one attached hydrogen (secondary N) is 1. The highest BCUT2D eigenvalue weighted by Crippen LogP contribution is 2.31. The number of hydrogen-bond acceptors (Lipinski definition) is 3. The predicted molar refractivity (Wildman–Crippen MR) is 95.3 cm³/mol. The van der Waals surface area contributed by atoms with Gasteiger partial charge >= 0.3 is 6.18 Å². The van der Waals surface area contributed by atoms with Gasteiger partial charge in [-0.1, -0.05) is 12.1 Å². The maximum atomic E-state index is 12.9. The molecule has 0 saturated carbocycles. The van der Waals surface area contributed by atoms with E-state index in [-0.39, 0.29) is 24.1 Å². The van der Waals surface area contributed by atoms with Crippen LogP contribution in [0.1, 0.15) is 47.5 Å². The van der Waals surface area contributed by atoms with Crippen molar-refractivity contribution in [2.24, 2.45) is 5.92 Å². The molecule has 2 heterocycles. The molecule has 2 amide bonds. The lowest BCUT2D eigenvalue weighted by atomic mass is 9.96. The number of amides is 2. The molecule has 0 aliphatic carbocycles. The molecule has 28 heavy (non-hydrogen) atoms. The second kappa shape index (κ2) is 8.08. The van der Waals surface area contributed by atoms with Crippen LogP contribution in [0.5, 0.6) is 0 Å². The zero-order chi connectivity index (χ0) is 20.3. The number of halogens is 3. The first-order chi connectivity index (χ1) is 13.3. The molecule has 2 atom stereocenters. The van der Waals surface area contributed by atoms with Gasteiger partial charge in [0.2, 0.25) is 5.91 Å². The Balaban J connectivity index is 1.63. The smallest absolute Gasteiger partial charge is 0.416 e. The summed E-state index contributed by atoms with van der Waals surface area (Å²) < 4.78 is 43.8. The number of carbonyl (C=O) groups excluding carboxylic acids is 2. The van der Waals surface area contributed by atoms with Crippen molar-refractivity contribution in [1.82, 2.24) is 10.2 Å². The molecular formula is C20H21F3N2O3. The first-order valence-corrected chi connectivity index (χ1v) is 9.06. The standard InChI is InChI=1S/C20H21F3N2O3/c1-13(14-5-2-7-16(11-14)20(21,22)23)24-18(26)15-6-3-9-25(12-15)19(27)17-8-4-10-28-17/h2,4-5,7-8,10-11,13,15H,3,6,9,12H2,1H3,(H,24,26)/t13-,15-/m1/s1. The van der Waals surface area contributed by atoms with Crippen LogP contribution in [0.3, 0.4) is 0 Å². The Kier molecular flexibility index (Phi) is 5.76. The third-order valence-electron chi connectivity index (χ3n) is 4.88. The van der Waals surface area contributed by atoms with E-state index >= 15 is 0 Å². The molecule has 3 rings (SSSR count). The van der Waals surface area contributed by atoms with Crippen molar-refractivity contribution in [1.29, 1.82) is 0 Å². The van der Waals surface area contributed by atoms with E-state index in [2.05, 4.69) is 5.32 Å². The lowest BCUT2D eigenvalue weighted by Gasteiger charge is -2.32. The summed E-state index contributed by atoms with van der Waals surface area (Å²) in [7, 11) is 0. The summed E-state index contributed by atoms with van der Waals surface area (Å²) in [5.41, 5.74) is -0.374. The molecule has 0 unspecified atom stereocenters. The zero-order valence-corrected chi connectivity index (χ0v) is 15.3. The fraction of sp³-hybridized carbons (Fsp3) is 0.400. The van der Waals surface area contributed by atoms with Crippen molar-refractivity contribution in [3.8, 4) is 0 Å². The molecule has 1 aliphatic rings. The van der Waals surface area contributed by atoms with Crippen molar-refractivity contribution in [3.05, 3.63) is 59.5 Å². The molecule has 5 nitrogen and oxygen atoms in total. The monoisotopic (exact) mass is 394 g/mol. The fourth-order valence-electron chi connectivity index (χ4n) is 3.33. The highest BCUT2D eigenvalue weighted by atomic mass is 19.4. The molecule has 0 spiro atoms. The average molecular weight is 394 g/mol. The summed E-state index contributed by atoms with van der Waals surface area (Å²) in [6, 6.07) is 7.53. The van der Waals surface area contributed by atoms with Crippen LogP contribution in [0.15, 0.2) is 47.1 Å². The Hall–Kier alpha value is -2.77. The SMILES string of the molecule is C[C@@H](NC(=O)[C@@H]1CCCN(C(=O)c2ccco2)C1)c1cccc(C(F)(F)F)c1. The van der Waals surface area contributed by atoms with Crippen molar-refractivity contribution in [3.63, 3.8) is 0 Å². The third kappa shape index (κ3) is 4.55. The lowest BCUT2D eigenvalue weighted by molar-refractivity contribution is -0.137. The summed E-state index contributed by atoms with van der Waals surface area (Å²) in [6.07, 6.45) is -1.74. The fourth-order valence-corrected chi connectivity index (χ4v) is 3.33. The van der Waals surface area contributed by atoms with Crippen LogP contribution in [0.25, 0.3) is 0 Å². The van der Waals surface area contributed by atoms with Crippen molar-refractivity contribution in [2.75, 3.05) is 13.1 Å². The Labute approximate surface area is 160 Å². The van der Waals surface area contributed by atoms with E-state index in [9.17, 15) is 22.8 Å². The predicted octanol–water partition coefficient (Wildman–Crippen LogP) is 4.03. The Bertz CT molecular complexity index is 833. The number of hydrogen-bond donors (Lipinski definition) is 1. The van der Waals surface area contributed by atoms with Gasteiger partial charge in [0.05, 0.1) is 23.8 Å². The molecule has 1 aromatic heterocycles. The van der Waals surface area contributed by atoms with E-state index in [1.807, 2.05) is 0 Å². The van der Waals surface area contributed by atoms with Gasteiger partial charge in [-0.05, 0) is 49.6 Å². The van der Waals surface area contributed by atoms with Gasteiger partial charge in [0.1, 0.15) is 0 Å². The maximum Gasteiger partial charge on any atom is 0.416 e. The van der Waals surface area contributed by atoms with Crippen molar-refractivity contribution >= 4 is 11.8 Å². The number of alkyl halides is 3. The lowest BCUT2D eigenvalue weighted by Crippen LogP contribution is -2.45. The summed E-state index contributed by atoms with van der Waals surface area (Å²) in [6.45, 7) is 2.43. The van der Waals surface area contributed by atoms with E-state index in [1.54, 1.807) is 30.0 Å². The molecule has 8 heteroatoms. The molecule has 2 aromatic rings. The van der Waals surface area contributed by atoms with Crippen LogP contribution in [0.4, 0.5) is 13.2 Å². The van der Waals surface area contributed by atoms with Crippen LogP contribution in [0.2, 0.25) is 0 Å². The molecule has 0 radical (unpaired) electrons. The topological polar surface area (TPSA) is 62.6 Å². The van der Waals surface area contributed by atoms with Gasteiger partial charge in [0.25, 0.3) is 5.91 Å². The van der Waals surface area contributed by atoms with Crippen LogP contribution in [-0.2, 0) is 11.0 Å². The quantitative estimate of drug-likeness (QED) is 0.852. The van der Waals surface area contributed by atoms with E-state index in [4.69, 9.17) is 4.42 Å². The minimum Gasteiger partial charge on any atom is -0.459 e. The van der Waals surface area contributed by atoms with Crippen LogP contribution in [0, 0.1) is 5.92 Å². The normalized spacial score (nSPS) is 18.6. The largest absolute Gasteiger partial charge is 0.459 e. The molecule has 0 bridgehead atoms. The Morgan fingerprint density at radius 3 is 2.71 bits per heavy atom. The number of piperidine rings is 1. The second-order valence-electron chi connectivity index (χ2n) is 6.92. The van der Waals surface area contributed by atoms with E-state index in [1.165, 1.54) is 12.3 Å². The van der Waals surface area contributed by atoms with Crippen LogP contribution >= 0.6 is 0 Å². The van der Waals surface area contributed by atoms with Gasteiger partial charge in [0, 0.05) is 13.1 Å². The highest BCUT2D eigenvalue weighted by Gasteiger charge is 2.32. The minimum atomic E-state index is -4.43. The number of nitrogens with zero attached hydrogens (tertiary/aromatic N) is 1. The second-order valence-corrected chi connectivity index (χ2v) is 6.92. The van der Waals surface area contributed by atoms with Crippen molar-refractivity contribution in [2.45, 2.75) is 32.0 Å². The molecule has 1 fully saturated rings. The molecule has 1 N–H and O–H groups in total. The first kappa shape index (κ1) is 20.0. The number of benzene rings is 1. The molecule has 150 valence electrons. The van der Waals surface area contributed by atoms with Gasteiger partial charge in [-0.25, -0.2) is 0 Å². The number of likely N-dealkylation sites (tertiary alicyclic amines) is 1. The number of furan rings is 1. The van der Waals surface area contributed by atoms with Crippen LogP contribution < -0.4 is 5.32 Å².